The van der Waals surface area contributed by atoms with E-state index < -0.39 is 0 Å². The van der Waals surface area contributed by atoms with Crippen LogP contribution < -0.4 is 0 Å². The van der Waals surface area contributed by atoms with Crippen LogP contribution in [0.5, 0.6) is 0 Å². The third-order valence-electron chi connectivity index (χ3n) is 8.63. The summed E-state index contributed by atoms with van der Waals surface area (Å²) in [5, 5.41) is 12.7. The maximum absolute atomic E-state index is 6.09. The maximum atomic E-state index is 6.09. The molecule has 0 saturated carbocycles. The van der Waals surface area contributed by atoms with Crippen LogP contribution in [0, 0.1) is 0 Å². The summed E-state index contributed by atoms with van der Waals surface area (Å²) in [5.41, 5.74) is 6.70. The Balaban J connectivity index is 1.32. The number of furan rings is 1. The number of para-hydroxylation sites is 1. The van der Waals surface area contributed by atoms with Crippen molar-refractivity contribution in [2.75, 3.05) is 0 Å². The molecule has 190 valence electrons. The number of fused-ring (bicyclic) bond motifs is 11. The number of benzene rings is 8. The minimum absolute atomic E-state index is 0.922. The first-order valence-electron chi connectivity index (χ1n) is 14.1. The van der Waals surface area contributed by atoms with Crippen molar-refractivity contribution in [3.8, 4) is 22.3 Å². The Labute approximate surface area is 236 Å². The van der Waals surface area contributed by atoms with E-state index >= 15 is 0 Å². The van der Waals surface area contributed by atoms with E-state index in [0.717, 1.165) is 21.9 Å². The Morgan fingerprint density at radius 3 is 1.61 bits per heavy atom. The Bertz CT molecular complexity index is 2480. The SMILES string of the molecule is c1cc(-c2ccc3oc4ccccc4c3c2)cc(-c2cc3c4ccccc4c4ccccc4c3c3ccccc23)c1. The van der Waals surface area contributed by atoms with Gasteiger partial charge in [-0.2, -0.15) is 0 Å². The van der Waals surface area contributed by atoms with Crippen molar-refractivity contribution < 1.29 is 4.42 Å². The van der Waals surface area contributed by atoms with Gasteiger partial charge in [0.1, 0.15) is 11.2 Å². The van der Waals surface area contributed by atoms with Gasteiger partial charge in [-0.3, -0.25) is 0 Å². The second-order valence-electron chi connectivity index (χ2n) is 10.9. The van der Waals surface area contributed by atoms with E-state index in [0.29, 0.717) is 0 Å². The highest BCUT2D eigenvalue weighted by Crippen LogP contribution is 2.43. The first-order chi connectivity index (χ1) is 20.3. The summed E-state index contributed by atoms with van der Waals surface area (Å²) in [6, 6.07) is 52.7. The zero-order valence-electron chi connectivity index (χ0n) is 22.3. The summed E-state index contributed by atoms with van der Waals surface area (Å²) in [5.74, 6) is 0. The van der Waals surface area contributed by atoms with E-state index in [1.165, 1.54) is 65.3 Å². The molecule has 0 atom stereocenters. The molecule has 1 aromatic heterocycles. The quantitative estimate of drug-likeness (QED) is 0.207. The van der Waals surface area contributed by atoms with E-state index in [2.05, 4.69) is 133 Å². The smallest absolute Gasteiger partial charge is 0.135 e. The molecule has 1 heteroatoms. The zero-order chi connectivity index (χ0) is 26.9. The van der Waals surface area contributed by atoms with Crippen LogP contribution in [0.15, 0.2) is 150 Å². The van der Waals surface area contributed by atoms with Gasteiger partial charge in [-0.1, -0.05) is 115 Å². The van der Waals surface area contributed by atoms with Crippen LogP contribution in [-0.4, -0.2) is 0 Å². The van der Waals surface area contributed by atoms with Gasteiger partial charge in [0.05, 0.1) is 0 Å². The average Bonchev–Trinajstić information content (AvgIpc) is 3.42. The predicted molar refractivity (Wildman–Crippen MR) is 175 cm³/mol. The summed E-state index contributed by atoms with van der Waals surface area (Å²) in [6.45, 7) is 0. The van der Waals surface area contributed by atoms with Crippen LogP contribution >= 0.6 is 0 Å². The highest BCUT2D eigenvalue weighted by Gasteiger charge is 2.15. The monoisotopic (exact) mass is 520 g/mol. The third kappa shape index (κ3) is 3.30. The van der Waals surface area contributed by atoms with Crippen LogP contribution in [0.2, 0.25) is 0 Å². The molecule has 8 aromatic carbocycles. The van der Waals surface area contributed by atoms with Crippen LogP contribution in [0.25, 0.3) is 87.3 Å². The zero-order valence-corrected chi connectivity index (χ0v) is 22.3. The second kappa shape index (κ2) is 8.55. The summed E-state index contributed by atoms with van der Waals surface area (Å²) < 4.78 is 6.09. The summed E-state index contributed by atoms with van der Waals surface area (Å²) >= 11 is 0. The molecule has 0 amide bonds. The summed E-state index contributed by atoms with van der Waals surface area (Å²) in [7, 11) is 0. The standard InChI is InChI=1S/C40H24O/c1-2-14-30-28(12-1)29-13-3-5-17-33(29)40-34-18-6-4-15-31(34)35(24-37(30)40)27-11-9-10-25(22-27)26-20-21-39-36(23-26)32-16-7-8-19-38(32)41-39/h1-24H. The van der Waals surface area contributed by atoms with Gasteiger partial charge in [0.15, 0.2) is 0 Å². The molecule has 0 aliphatic carbocycles. The predicted octanol–water partition coefficient (Wildman–Crippen LogP) is 11.5. The van der Waals surface area contributed by atoms with E-state index in [1.54, 1.807) is 0 Å². The Kier molecular flexibility index (Phi) is 4.67. The van der Waals surface area contributed by atoms with Gasteiger partial charge in [0, 0.05) is 10.8 Å². The molecule has 9 rings (SSSR count). The molecule has 0 bridgehead atoms. The molecule has 0 aliphatic heterocycles. The molecule has 0 unspecified atom stereocenters. The lowest BCUT2D eigenvalue weighted by Gasteiger charge is -2.16. The van der Waals surface area contributed by atoms with Crippen molar-refractivity contribution in [3.63, 3.8) is 0 Å². The Morgan fingerprint density at radius 2 is 0.829 bits per heavy atom. The topological polar surface area (TPSA) is 13.1 Å². The third-order valence-corrected chi connectivity index (χ3v) is 8.63. The highest BCUT2D eigenvalue weighted by molar-refractivity contribution is 6.33. The molecular weight excluding hydrogens is 496 g/mol. The van der Waals surface area contributed by atoms with Crippen molar-refractivity contribution in [2.45, 2.75) is 0 Å². The molecule has 0 saturated heterocycles. The van der Waals surface area contributed by atoms with Crippen molar-refractivity contribution in [1.82, 2.24) is 0 Å². The summed E-state index contributed by atoms with van der Waals surface area (Å²) in [4.78, 5) is 0. The first-order valence-corrected chi connectivity index (χ1v) is 14.1. The van der Waals surface area contributed by atoms with E-state index in [1.807, 2.05) is 12.1 Å². The molecule has 0 spiro atoms. The van der Waals surface area contributed by atoms with Crippen molar-refractivity contribution in [1.29, 1.82) is 0 Å². The molecule has 0 fully saturated rings. The molecule has 1 heterocycles. The average molecular weight is 521 g/mol. The van der Waals surface area contributed by atoms with Gasteiger partial charge in [0.2, 0.25) is 0 Å². The van der Waals surface area contributed by atoms with Crippen molar-refractivity contribution >= 4 is 65.0 Å². The van der Waals surface area contributed by atoms with Gasteiger partial charge >= 0.3 is 0 Å². The number of rotatable bonds is 2. The van der Waals surface area contributed by atoms with Crippen molar-refractivity contribution in [3.05, 3.63) is 146 Å². The first kappa shape index (κ1) is 22.4. The van der Waals surface area contributed by atoms with Gasteiger partial charge in [-0.25, -0.2) is 0 Å². The second-order valence-corrected chi connectivity index (χ2v) is 10.9. The fraction of sp³-hybridized carbons (Fsp3) is 0. The molecule has 9 aromatic rings. The van der Waals surface area contributed by atoms with Crippen LogP contribution in [0.1, 0.15) is 0 Å². The molecule has 0 aliphatic rings. The minimum Gasteiger partial charge on any atom is -0.456 e. The van der Waals surface area contributed by atoms with Gasteiger partial charge in [-0.05, 0) is 95.7 Å². The fourth-order valence-electron chi connectivity index (χ4n) is 6.78. The van der Waals surface area contributed by atoms with Gasteiger partial charge in [-0.15, -0.1) is 0 Å². The normalized spacial score (nSPS) is 11.9. The number of hydrogen-bond donors (Lipinski definition) is 0. The van der Waals surface area contributed by atoms with E-state index in [4.69, 9.17) is 4.42 Å². The molecule has 0 N–H and O–H groups in total. The largest absolute Gasteiger partial charge is 0.456 e. The lowest BCUT2D eigenvalue weighted by atomic mass is 9.87. The van der Waals surface area contributed by atoms with Crippen LogP contribution in [0.3, 0.4) is 0 Å². The minimum atomic E-state index is 0.922. The van der Waals surface area contributed by atoms with E-state index in [9.17, 15) is 0 Å². The fourth-order valence-corrected chi connectivity index (χ4v) is 6.78. The lowest BCUT2D eigenvalue weighted by Crippen LogP contribution is -1.89. The molecule has 0 radical (unpaired) electrons. The van der Waals surface area contributed by atoms with Gasteiger partial charge in [0.25, 0.3) is 0 Å². The van der Waals surface area contributed by atoms with Crippen molar-refractivity contribution in [2.24, 2.45) is 0 Å². The molecule has 41 heavy (non-hydrogen) atoms. The van der Waals surface area contributed by atoms with Gasteiger partial charge < -0.3 is 4.42 Å². The Morgan fingerprint density at radius 1 is 0.293 bits per heavy atom. The van der Waals surface area contributed by atoms with Crippen LogP contribution in [-0.2, 0) is 0 Å². The Hall–Kier alpha value is -5.40. The number of hydrogen-bond acceptors (Lipinski definition) is 1. The molecular formula is C40H24O. The van der Waals surface area contributed by atoms with Crippen LogP contribution in [0.4, 0.5) is 0 Å². The highest BCUT2D eigenvalue weighted by atomic mass is 16.3. The summed E-state index contributed by atoms with van der Waals surface area (Å²) in [6.07, 6.45) is 0. The lowest BCUT2D eigenvalue weighted by molar-refractivity contribution is 0.669. The van der Waals surface area contributed by atoms with E-state index in [-0.39, 0.29) is 0 Å². The maximum Gasteiger partial charge on any atom is 0.135 e. The molecule has 1 nitrogen and oxygen atoms in total.